The van der Waals surface area contributed by atoms with E-state index in [2.05, 4.69) is 32.6 Å². The SMILES string of the molecule is CC(C)CN(CC(=O)c1ccc(Cl)cc1Cl)C(C)C. The van der Waals surface area contributed by atoms with Crippen LogP contribution in [-0.4, -0.2) is 29.8 Å². The third-order valence-electron chi connectivity index (χ3n) is 2.91. The molecule has 2 nitrogen and oxygen atoms in total. The lowest BCUT2D eigenvalue weighted by molar-refractivity contribution is 0.0893. The normalized spacial score (nSPS) is 11.6. The standard InChI is InChI=1S/C15H21Cl2NO/c1-10(2)8-18(11(3)4)9-15(19)13-6-5-12(16)7-14(13)17/h5-7,10-11H,8-9H2,1-4H3. The molecule has 0 aromatic heterocycles. The first-order valence-corrected chi connectivity index (χ1v) is 7.29. The third-order valence-corrected chi connectivity index (χ3v) is 3.46. The predicted octanol–water partition coefficient (Wildman–Crippen LogP) is 4.54. The van der Waals surface area contributed by atoms with Crippen molar-refractivity contribution >= 4 is 29.0 Å². The number of nitrogens with zero attached hydrogens (tertiary/aromatic N) is 1. The Morgan fingerprint density at radius 3 is 2.32 bits per heavy atom. The molecule has 1 aromatic rings. The fraction of sp³-hybridized carbons (Fsp3) is 0.533. The molecule has 19 heavy (non-hydrogen) atoms. The third kappa shape index (κ3) is 5.13. The van der Waals surface area contributed by atoms with Gasteiger partial charge in [0.05, 0.1) is 11.6 Å². The quantitative estimate of drug-likeness (QED) is 0.719. The highest BCUT2D eigenvalue weighted by Gasteiger charge is 2.18. The first kappa shape index (κ1) is 16.5. The van der Waals surface area contributed by atoms with E-state index in [4.69, 9.17) is 23.2 Å². The maximum absolute atomic E-state index is 12.3. The van der Waals surface area contributed by atoms with Crippen LogP contribution < -0.4 is 0 Å². The van der Waals surface area contributed by atoms with Crippen molar-refractivity contribution in [2.75, 3.05) is 13.1 Å². The molecule has 0 spiro atoms. The smallest absolute Gasteiger partial charge is 0.178 e. The van der Waals surface area contributed by atoms with Crippen molar-refractivity contribution in [3.05, 3.63) is 33.8 Å². The van der Waals surface area contributed by atoms with E-state index in [9.17, 15) is 4.79 Å². The van der Waals surface area contributed by atoms with Gasteiger partial charge in [-0.25, -0.2) is 0 Å². The summed E-state index contributed by atoms with van der Waals surface area (Å²) in [6, 6.07) is 5.33. The fourth-order valence-corrected chi connectivity index (χ4v) is 2.43. The summed E-state index contributed by atoms with van der Waals surface area (Å²) < 4.78 is 0. The summed E-state index contributed by atoms with van der Waals surface area (Å²) in [5.74, 6) is 0.562. The van der Waals surface area contributed by atoms with Crippen LogP contribution in [0.5, 0.6) is 0 Å². The fourth-order valence-electron chi connectivity index (χ4n) is 1.91. The average Bonchev–Trinajstić information content (AvgIpc) is 2.26. The van der Waals surface area contributed by atoms with Crippen molar-refractivity contribution < 1.29 is 4.79 Å². The summed E-state index contributed by atoms with van der Waals surface area (Å²) in [5, 5.41) is 0.968. The van der Waals surface area contributed by atoms with Crippen LogP contribution in [0.3, 0.4) is 0 Å². The van der Waals surface area contributed by atoms with Gasteiger partial charge in [0, 0.05) is 23.2 Å². The van der Waals surface area contributed by atoms with E-state index >= 15 is 0 Å². The monoisotopic (exact) mass is 301 g/mol. The van der Waals surface area contributed by atoms with E-state index in [1.165, 1.54) is 0 Å². The summed E-state index contributed by atoms with van der Waals surface area (Å²) in [6.45, 7) is 9.77. The van der Waals surface area contributed by atoms with E-state index in [1.54, 1.807) is 18.2 Å². The van der Waals surface area contributed by atoms with Crippen LogP contribution >= 0.6 is 23.2 Å². The van der Waals surface area contributed by atoms with Crippen molar-refractivity contribution in [3.63, 3.8) is 0 Å². The number of carbonyl (C=O) groups is 1. The molecule has 0 amide bonds. The minimum Gasteiger partial charge on any atom is -0.293 e. The predicted molar refractivity (Wildman–Crippen MR) is 82.3 cm³/mol. The highest BCUT2D eigenvalue weighted by Crippen LogP contribution is 2.22. The van der Waals surface area contributed by atoms with Crippen molar-refractivity contribution in [1.29, 1.82) is 0 Å². The molecule has 0 fully saturated rings. The molecule has 0 aliphatic heterocycles. The summed E-state index contributed by atoms with van der Waals surface area (Å²) in [6.07, 6.45) is 0. The maximum atomic E-state index is 12.3. The van der Waals surface area contributed by atoms with E-state index in [0.717, 1.165) is 6.54 Å². The van der Waals surface area contributed by atoms with Crippen LogP contribution in [0.4, 0.5) is 0 Å². The van der Waals surface area contributed by atoms with Gasteiger partial charge in [-0.3, -0.25) is 9.69 Å². The Labute approximate surface area is 125 Å². The number of rotatable bonds is 6. The number of Topliss-reactive ketones (excluding diaryl/α,β-unsaturated/α-hetero) is 1. The second-order valence-corrected chi connectivity index (χ2v) is 6.31. The molecule has 1 rings (SSSR count). The van der Waals surface area contributed by atoms with Gasteiger partial charge in [-0.1, -0.05) is 37.0 Å². The number of ketones is 1. The van der Waals surface area contributed by atoms with E-state index < -0.39 is 0 Å². The zero-order valence-corrected chi connectivity index (χ0v) is 13.4. The Kier molecular flexibility index (Phi) is 6.31. The number of hydrogen-bond acceptors (Lipinski definition) is 2. The largest absolute Gasteiger partial charge is 0.293 e. The first-order valence-electron chi connectivity index (χ1n) is 6.53. The van der Waals surface area contributed by atoms with Gasteiger partial charge in [0.15, 0.2) is 5.78 Å². The minimum absolute atomic E-state index is 0.0380. The molecule has 0 aliphatic rings. The summed E-state index contributed by atoms with van der Waals surface area (Å²) in [4.78, 5) is 14.5. The molecule has 1 aromatic carbocycles. The van der Waals surface area contributed by atoms with E-state index in [1.807, 2.05) is 0 Å². The zero-order valence-electron chi connectivity index (χ0n) is 11.9. The number of benzene rings is 1. The Morgan fingerprint density at radius 1 is 1.21 bits per heavy atom. The molecule has 4 heteroatoms. The molecule has 0 saturated carbocycles. The van der Waals surface area contributed by atoms with Gasteiger partial charge in [-0.2, -0.15) is 0 Å². The average molecular weight is 302 g/mol. The highest BCUT2D eigenvalue weighted by molar-refractivity contribution is 6.36. The second kappa shape index (κ2) is 7.28. The van der Waals surface area contributed by atoms with Crippen LogP contribution in [0, 0.1) is 5.92 Å². The van der Waals surface area contributed by atoms with Crippen LogP contribution in [0.15, 0.2) is 18.2 Å². The molecule has 0 atom stereocenters. The number of carbonyl (C=O) groups excluding carboxylic acids is 1. The lowest BCUT2D eigenvalue weighted by atomic mass is 10.1. The summed E-state index contributed by atoms with van der Waals surface area (Å²) in [7, 11) is 0. The molecule has 0 bridgehead atoms. The van der Waals surface area contributed by atoms with E-state index in [0.29, 0.717) is 34.1 Å². The van der Waals surface area contributed by atoms with Gasteiger partial charge in [0.2, 0.25) is 0 Å². The minimum atomic E-state index is 0.0380. The van der Waals surface area contributed by atoms with E-state index in [-0.39, 0.29) is 5.78 Å². The molecule has 0 unspecified atom stereocenters. The molecule has 0 aliphatic carbocycles. The van der Waals surface area contributed by atoms with Crippen molar-refractivity contribution in [2.24, 2.45) is 5.92 Å². The second-order valence-electron chi connectivity index (χ2n) is 5.46. The molecule has 0 radical (unpaired) electrons. The van der Waals surface area contributed by atoms with Gasteiger partial charge < -0.3 is 0 Å². The van der Waals surface area contributed by atoms with Gasteiger partial charge in [0.1, 0.15) is 0 Å². The van der Waals surface area contributed by atoms with Gasteiger partial charge in [-0.15, -0.1) is 0 Å². The highest BCUT2D eigenvalue weighted by atomic mass is 35.5. The van der Waals surface area contributed by atoms with Gasteiger partial charge in [-0.05, 0) is 38.0 Å². The molecule has 0 heterocycles. The Bertz CT molecular complexity index is 444. The lowest BCUT2D eigenvalue weighted by Crippen LogP contribution is -2.38. The van der Waals surface area contributed by atoms with Crippen molar-refractivity contribution in [2.45, 2.75) is 33.7 Å². The molecular weight excluding hydrogens is 281 g/mol. The van der Waals surface area contributed by atoms with Crippen LogP contribution in [0.1, 0.15) is 38.1 Å². The first-order chi connectivity index (χ1) is 8.81. The Hall–Kier alpha value is -0.570. The Balaban J connectivity index is 2.81. The lowest BCUT2D eigenvalue weighted by Gasteiger charge is -2.27. The number of halogens is 2. The Morgan fingerprint density at radius 2 is 1.84 bits per heavy atom. The molecule has 106 valence electrons. The van der Waals surface area contributed by atoms with Crippen LogP contribution in [0.25, 0.3) is 0 Å². The molecular formula is C15H21Cl2NO. The van der Waals surface area contributed by atoms with Crippen molar-refractivity contribution in [3.8, 4) is 0 Å². The molecule has 0 N–H and O–H groups in total. The summed E-state index contributed by atoms with van der Waals surface area (Å²) >= 11 is 11.9. The van der Waals surface area contributed by atoms with Gasteiger partial charge >= 0.3 is 0 Å². The van der Waals surface area contributed by atoms with Crippen molar-refractivity contribution in [1.82, 2.24) is 4.90 Å². The maximum Gasteiger partial charge on any atom is 0.178 e. The van der Waals surface area contributed by atoms with Crippen LogP contribution in [0.2, 0.25) is 10.0 Å². The molecule has 0 saturated heterocycles. The topological polar surface area (TPSA) is 20.3 Å². The van der Waals surface area contributed by atoms with Gasteiger partial charge in [0.25, 0.3) is 0 Å². The summed E-state index contributed by atoms with van der Waals surface area (Å²) in [5.41, 5.74) is 0.542. The van der Waals surface area contributed by atoms with Crippen LogP contribution in [-0.2, 0) is 0 Å². The number of hydrogen-bond donors (Lipinski definition) is 0. The zero-order chi connectivity index (χ0) is 14.6.